The zero-order valence-corrected chi connectivity index (χ0v) is 14.4. The van der Waals surface area contributed by atoms with Crippen molar-refractivity contribution >= 4 is 23.6 Å². The van der Waals surface area contributed by atoms with Crippen molar-refractivity contribution in [1.82, 2.24) is 4.90 Å². The van der Waals surface area contributed by atoms with Gasteiger partial charge >= 0.3 is 5.97 Å². The van der Waals surface area contributed by atoms with Crippen LogP contribution >= 0.6 is 0 Å². The summed E-state index contributed by atoms with van der Waals surface area (Å²) in [6.07, 6.45) is 5.59. The second-order valence-electron chi connectivity index (χ2n) is 6.22. The molecule has 1 aromatic rings. The number of ether oxygens (including phenoxy) is 1. The van der Waals surface area contributed by atoms with Gasteiger partial charge in [-0.3, -0.25) is 14.9 Å². The van der Waals surface area contributed by atoms with Crippen molar-refractivity contribution in [1.29, 1.82) is 0 Å². The topological polar surface area (TPSA) is 89.8 Å². The molecule has 0 aliphatic carbocycles. The molecule has 1 aliphatic heterocycles. The number of likely N-dealkylation sites (tertiary alicyclic amines) is 1. The van der Waals surface area contributed by atoms with Crippen LogP contribution in [0.4, 0.5) is 5.69 Å². The number of hydrogen-bond donors (Lipinski definition) is 0. The summed E-state index contributed by atoms with van der Waals surface area (Å²) in [6, 6.07) is 6.19. The number of esters is 1. The Bertz CT molecular complexity index is 676. The number of amides is 1. The first-order valence-electron chi connectivity index (χ1n) is 8.29. The van der Waals surface area contributed by atoms with Gasteiger partial charge in [-0.1, -0.05) is 12.1 Å². The van der Waals surface area contributed by atoms with Crippen molar-refractivity contribution < 1.29 is 19.2 Å². The van der Waals surface area contributed by atoms with Crippen LogP contribution in [0.5, 0.6) is 0 Å². The van der Waals surface area contributed by atoms with Gasteiger partial charge in [0.25, 0.3) is 11.6 Å². The van der Waals surface area contributed by atoms with Crippen molar-refractivity contribution in [3.63, 3.8) is 0 Å². The van der Waals surface area contributed by atoms with Gasteiger partial charge in [0.15, 0.2) is 6.61 Å². The second kappa shape index (κ2) is 8.41. The SMILES string of the molecule is CC1CCCC(C)N1C(=O)COC(=O)C=Cc1cccc([N+](=O)[O-])c1. The summed E-state index contributed by atoms with van der Waals surface area (Å²) in [5, 5.41) is 10.7. The Morgan fingerprint density at radius 3 is 2.64 bits per heavy atom. The number of carbonyl (C=O) groups is 2. The van der Waals surface area contributed by atoms with Gasteiger partial charge in [-0.05, 0) is 44.7 Å². The molecule has 0 N–H and O–H groups in total. The number of nitro benzene ring substituents is 1. The molecule has 1 amide bonds. The lowest BCUT2D eigenvalue weighted by atomic mass is 9.97. The minimum Gasteiger partial charge on any atom is -0.452 e. The van der Waals surface area contributed by atoms with Crippen LogP contribution in [-0.2, 0) is 14.3 Å². The maximum Gasteiger partial charge on any atom is 0.331 e. The standard InChI is InChI=1S/C18H22N2O5/c1-13-5-3-6-14(2)19(13)17(21)12-25-18(22)10-9-15-7-4-8-16(11-15)20(23)24/h4,7-11,13-14H,3,5-6,12H2,1-2H3. The largest absolute Gasteiger partial charge is 0.452 e. The molecule has 1 aromatic carbocycles. The van der Waals surface area contributed by atoms with Gasteiger partial charge in [-0.15, -0.1) is 0 Å². The van der Waals surface area contributed by atoms with E-state index in [1.165, 1.54) is 24.3 Å². The van der Waals surface area contributed by atoms with E-state index < -0.39 is 10.9 Å². The van der Waals surface area contributed by atoms with Gasteiger partial charge in [0.2, 0.25) is 0 Å². The molecule has 7 nitrogen and oxygen atoms in total. The van der Waals surface area contributed by atoms with Crippen LogP contribution in [-0.4, -0.2) is 40.4 Å². The van der Waals surface area contributed by atoms with Crippen LogP contribution in [0.25, 0.3) is 6.08 Å². The Hall–Kier alpha value is -2.70. The average Bonchev–Trinajstić information content (AvgIpc) is 2.58. The Balaban J connectivity index is 1.88. The number of rotatable bonds is 5. The summed E-state index contributed by atoms with van der Waals surface area (Å²) in [5.74, 6) is -0.853. The Kier molecular flexibility index (Phi) is 6.27. The molecule has 0 bridgehead atoms. The van der Waals surface area contributed by atoms with Gasteiger partial charge in [-0.25, -0.2) is 4.79 Å². The number of benzene rings is 1. The fourth-order valence-electron chi connectivity index (χ4n) is 3.07. The van der Waals surface area contributed by atoms with E-state index in [0.717, 1.165) is 25.3 Å². The van der Waals surface area contributed by atoms with Gasteiger partial charge < -0.3 is 9.64 Å². The van der Waals surface area contributed by atoms with Crippen LogP contribution in [0.15, 0.2) is 30.3 Å². The van der Waals surface area contributed by atoms with Gasteiger partial charge in [0, 0.05) is 30.3 Å². The fraction of sp³-hybridized carbons (Fsp3) is 0.444. The molecule has 0 aromatic heterocycles. The van der Waals surface area contributed by atoms with Crippen molar-refractivity contribution in [2.45, 2.75) is 45.2 Å². The molecule has 1 fully saturated rings. The van der Waals surface area contributed by atoms with Crippen molar-refractivity contribution in [2.24, 2.45) is 0 Å². The summed E-state index contributed by atoms with van der Waals surface area (Å²) in [6.45, 7) is 3.70. The molecular weight excluding hydrogens is 324 g/mol. The molecule has 1 saturated heterocycles. The zero-order valence-electron chi connectivity index (χ0n) is 14.4. The van der Waals surface area contributed by atoms with E-state index in [9.17, 15) is 19.7 Å². The monoisotopic (exact) mass is 346 g/mol. The van der Waals surface area contributed by atoms with E-state index in [0.29, 0.717) is 5.56 Å². The smallest absolute Gasteiger partial charge is 0.331 e. The molecular formula is C18H22N2O5. The lowest BCUT2D eigenvalue weighted by Crippen LogP contribution is -2.49. The number of nitro groups is 1. The molecule has 1 heterocycles. The van der Waals surface area contributed by atoms with Crippen molar-refractivity contribution in [3.05, 3.63) is 46.0 Å². The predicted molar refractivity (Wildman–Crippen MR) is 92.7 cm³/mol. The molecule has 25 heavy (non-hydrogen) atoms. The van der Waals surface area contributed by atoms with Crippen molar-refractivity contribution in [2.75, 3.05) is 6.61 Å². The number of carbonyl (C=O) groups excluding carboxylic acids is 2. The third kappa shape index (κ3) is 5.14. The lowest BCUT2D eigenvalue weighted by molar-refractivity contribution is -0.384. The lowest BCUT2D eigenvalue weighted by Gasteiger charge is -2.38. The van der Waals surface area contributed by atoms with Crippen LogP contribution in [0.2, 0.25) is 0 Å². The number of non-ortho nitro benzene ring substituents is 1. The van der Waals surface area contributed by atoms with Crippen molar-refractivity contribution in [3.8, 4) is 0 Å². The zero-order chi connectivity index (χ0) is 18.4. The summed E-state index contributed by atoms with van der Waals surface area (Å²) in [4.78, 5) is 36.0. The van der Waals surface area contributed by atoms with Gasteiger partial charge in [-0.2, -0.15) is 0 Å². The molecule has 2 atom stereocenters. The quantitative estimate of drug-likeness (QED) is 0.354. The molecule has 0 spiro atoms. The summed E-state index contributed by atoms with van der Waals surface area (Å²) in [7, 11) is 0. The molecule has 2 rings (SSSR count). The number of piperidine rings is 1. The van der Waals surface area contributed by atoms with E-state index in [-0.39, 0.29) is 30.3 Å². The highest BCUT2D eigenvalue weighted by Crippen LogP contribution is 2.22. The minimum absolute atomic E-state index is 0.0567. The first-order chi connectivity index (χ1) is 11.9. The fourth-order valence-corrected chi connectivity index (χ4v) is 3.07. The number of nitrogens with zero attached hydrogens (tertiary/aromatic N) is 2. The van der Waals surface area contributed by atoms with Gasteiger partial charge in [0.05, 0.1) is 4.92 Å². The molecule has 7 heteroatoms. The Labute approximate surface area is 146 Å². The maximum atomic E-state index is 12.3. The first kappa shape index (κ1) is 18.6. The molecule has 1 aliphatic rings. The van der Waals surface area contributed by atoms with Crippen LogP contribution in [0, 0.1) is 10.1 Å². The summed E-state index contributed by atoms with van der Waals surface area (Å²) in [5.41, 5.74) is 0.453. The van der Waals surface area contributed by atoms with E-state index >= 15 is 0 Å². The summed E-state index contributed by atoms with van der Waals surface area (Å²) >= 11 is 0. The minimum atomic E-state index is -0.655. The second-order valence-corrected chi connectivity index (χ2v) is 6.22. The maximum absolute atomic E-state index is 12.3. The number of hydrogen-bond acceptors (Lipinski definition) is 5. The van der Waals surface area contributed by atoms with E-state index in [1.807, 2.05) is 13.8 Å². The Morgan fingerprint density at radius 1 is 1.32 bits per heavy atom. The van der Waals surface area contributed by atoms with E-state index in [1.54, 1.807) is 11.0 Å². The Morgan fingerprint density at radius 2 is 2.00 bits per heavy atom. The molecule has 2 unspecified atom stereocenters. The molecule has 0 radical (unpaired) electrons. The van der Waals surface area contributed by atoms with Gasteiger partial charge in [0.1, 0.15) is 0 Å². The van der Waals surface area contributed by atoms with Crippen LogP contribution in [0.1, 0.15) is 38.7 Å². The highest BCUT2D eigenvalue weighted by Gasteiger charge is 2.29. The summed E-state index contributed by atoms with van der Waals surface area (Å²) < 4.78 is 5.00. The molecule has 134 valence electrons. The highest BCUT2D eigenvalue weighted by molar-refractivity contribution is 5.89. The average molecular weight is 346 g/mol. The highest BCUT2D eigenvalue weighted by atomic mass is 16.6. The predicted octanol–water partition coefficient (Wildman–Crippen LogP) is 2.94. The third-order valence-corrected chi connectivity index (χ3v) is 4.31. The molecule has 0 saturated carbocycles. The normalized spacial score (nSPS) is 20.5. The van der Waals surface area contributed by atoms with Crippen LogP contribution in [0.3, 0.4) is 0 Å². The van der Waals surface area contributed by atoms with Crippen LogP contribution < -0.4 is 0 Å². The third-order valence-electron chi connectivity index (χ3n) is 4.31. The van der Waals surface area contributed by atoms with E-state index in [2.05, 4.69) is 0 Å². The van der Waals surface area contributed by atoms with E-state index in [4.69, 9.17) is 4.74 Å². The first-order valence-corrected chi connectivity index (χ1v) is 8.29.